The molecule has 0 saturated carbocycles. The van der Waals surface area contributed by atoms with Gasteiger partial charge < -0.3 is 15.4 Å². The normalized spacial score (nSPS) is 10.5. The fraction of sp³-hybridized carbons (Fsp3) is 0.0833. The maximum atomic E-state index is 12.0. The Bertz CT molecular complexity index is 1160. The maximum Gasteiger partial charge on any atom is 0.329 e. The minimum Gasteiger partial charge on any atom is -0.484 e. The number of benzene rings is 3. The third-order valence-corrected chi connectivity index (χ3v) is 4.61. The Hall–Kier alpha value is -4.17. The van der Waals surface area contributed by atoms with Crippen molar-refractivity contribution in [3.05, 3.63) is 88.9 Å². The quantitative estimate of drug-likeness (QED) is 0.281. The summed E-state index contributed by atoms with van der Waals surface area (Å²) >= 11 is 5.81. The van der Waals surface area contributed by atoms with Crippen LogP contribution in [0.4, 0.5) is 11.4 Å². The van der Waals surface area contributed by atoms with Gasteiger partial charge in [-0.15, -0.1) is 0 Å². The first-order valence-corrected chi connectivity index (χ1v) is 10.3. The van der Waals surface area contributed by atoms with Crippen LogP contribution in [0, 0.1) is 6.92 Å². The van der Waals surface area contributed by atoms with E-state index in [1.54, 1.807) is 60.7 Å². The monoisotopic (exact) mass is 464 g/mol. The van der Waals surface area contributed by atoms with Crippen molar-refractivity contribution in [2.24, 2.45) is 5.10 Å². The van der Waals surface area contributed by atoms with Gasteiger partial charge in [0.05, 0.1) is 6.21 Å². The molecule has 0 bridgehead atoms. The second-order valence-electron chi connectivity index (χ2n) is 6.88. The molecule has 0 aliphatic carbocycles. The van der Waals surface area contributed by atoms with Crippen LogP contribution < -0.4 is 20.8 Å². The molecule has 3 aromatic carbocycles. The number of carbonyl (C=O) groups excluding carboxylic acids is 3. The highest BCUT2D eigenvalue weighted by Gasteiger charge is 2.13. The van der Waals surface area contributed by atoms with E-state index in [4.69, 9.17) is 16.3 Å². The van der Waals surface area contributed by atoms with Crippen molar-refractivity contribution in [2.75, 3.05) is 17.2 Å². The first-order valence-electron chi connectivity index (χ1n) is 9.89. The van der Waals surface area contributed by atoms with E-state index < -0.39 is 11.8 Å². The molecule has 0 heterocycles. The highest BCUT2D eigenvalue weighted by atomic mass is 35.5. The summed E-state index contributed by atoms with van der Waals surface area (Å²) < 4.78 is 5.45. The SMILES string of the molecule is Cc1ccccc1NC(=O)C(=O)N/N=C/c1ccc(OCC(=O)Nc2ccc(Cl)cc2)cc1. The average molecular weight is 465 g/mol. The summed E-state index contributed by atoms with van der Waals surface area (Å²) in [5.41, 5.74) is 4.85. The number of hydrogen-bond acceptors (Lipinski definition) is 5. The molecule has 0 unspecified atom stereocenters. The lowest BCUT2D eigenvalue weighted by atomic mass is 10.2. The Labute approximate surface area is 195 Å². The second kappa shape index (κ2) is 11.4. The van der Waals surface area contributed by atoms with Crippen LogP contribution in [0.5, 0.6) is 5.75 Å². The van der Waals surface area contributed by atoms with E-state index in [9.17, 15) is 14.4 Å². The van der Waals surface area contributed by atoms with Gasteiger partial charge >= 0.3 is 11.8 Å². The summed E-state index contributed by atoms with van der Waals surface area (Å²) in [5, 5.41) is 9.59. The minimum atomic E-state index is -0.888. The molecule has 0 spiro atoms. The topological polar surface area (TPSA) is 109 Å². The molecule has 3 aromatic rings. The summed E-state index contributed by atoms with van der Waals surface area (Å²) in [6, 6.07) is 20.6. The summed E-state index contributed by atoms with van der Waals surface area (Å²) in [6.45, 7) is 1.66. The molecule has 0 aliphatic heterocycles. The Balaban J connectivity index is 1.43. The van der Waals surface area contributed by atoms with Crippen LogP contribution in [0.2, 0.25) is 5.02 Å². The number of carbonyl (C=O) groups is 3. The van der Waals surface area contributed by atoms with E-state index in [1.807, 2.05) is 19.1 Å². The molecular weight excluding hydrogens is 444 g/mol. The zero-order chi connectivity index (χ0) is 23.6. The molecule has 3 N–H and O–H groups in total. The lowest BCUT2D eigenvalue weighted by molar-refractivity contribution is -0.136. The summed E-state index contributed by atoms with van der Waals surface area (Å²) in [7, 11) is 0. The molecule has 0 radical (unpaired) electrons. The highest BCUT2D eigenvalue weighted by molar-refractivity contribution is 6.39. The van der Waals surface area contributed by atoms with Crippen LogP contribution in [-0.4, -0.2) is 30.5 Å². The Morgan fingerprint density at radius 1 is 0.909 bits per heavy atom. The van der Waals surface area contributed by atoms with Gasteiger partial charge in [-0.05, 0) is 72.6 Å². The van der Waals surface area contributed by atoms with E-state index in [0.29, 0.717) is 27.7 Å². The number of anilines is 2. The molecule has 33 heavy (non-hydrogen) atoms. The average Bonchev–Trinajstić information content (AvgIpc) is 2.81. The number of hydrazone groups is 1. The van der Waals surface area contributed by atoms with Crippen LogP contribution in [0.1, 0.15) is 11.1 Å². The number of nitrogens with zero attached hydrogens (tertiary/aromatic N) is 1. The Morgan fingerprint density at radius 2 is 1.61 bits per heavy atom. The van der Waals surface area contributed by atoms with Crippen molar-refractivity contribution in [1.82, 2.24) is 5.43 Å². The molecule has 0 atom stereocenters. The predicted octanol–water partition coefficient (Wildman–Crippen LogP) is 3.75. The second-order valence-corrected chi connectivity index (χ2v) is 7.32. The van der Waals surface area contributed by atoms with Crippen LogP contribution in [0.25, 0.3) is 0 Å². The molecule has 9 heteroatoms. The lowest BCUT2D eigenvalue weighted by Gasteiger charge is -2.08. The van der Waals surface area contributed by atoms with Gasteiger partial charge in [0.15, 0.2) is 6.61 Å². The molecule has 8 nitrogen and oxygen atoms in total. The van der Waals surface area contributed by atoms with E-state index in [-0.39, 0.29) is 12.5 Å². The number of halogens is 1. The predicted molar refractivity (Wildman–Crippen MR) is 128 cm³/mol. The molecule has 0 fully saturated rings. The van der Waals surface area contributed by atoms with Gasteiger partial charge in [0.25, 0.3) is 5.91 Å². The summed E-state index contributed by atoms with van der Waals surface area (Å²) in [4.78, 5) is 35.8. The smallest absolute Gasteiger partial charge is 0.329 e. The number of rotatable bonds is 7. The standard InChI is InChI=1S/C24H21ClN4O4/c1-16-4-2-3-5-21(16)28-23(31)24(32)29-26-14-17-6-12-20(13-7-17)33-15-22(30)27-19-10-8-18(25)9-11-19/h2-14H,15H2,1H3,(H,27,30)(H,28,31)(H,29,32)/b26-14+. The molecule has 3 rings (SSSR count). The number of amides is 3. The zero-order valence-electron chi connectivity index (χ0n) is 17.7. The third kappa shape index (κ3) is 7.48. The molecule has 3 amide bonds. The number of para-hydroxylation sites is 1. The Morgan fingerprint density at radius 3 is 2.30 bits per heavy atom. The van der Waals surface area contributed by atoms with Gasteiger partial charge in [-0.25, -0.2) is 5.43 Å². The number of nitrogens with one attached hydrogen (secondary N) is 3. The van der Waals surface area contributed by atoms with Crippen molar-refractivity contribution in [3.8, 4) is 5.75 Å². The van der Waals surface area contributed by atoms with E-state index in [1.165, 1.54) is 6.21 Å². The summed E-state index contributed by atoms with van der Waals surface area (Å²) in [5.74, 6) is -1.53. The lowest BCUT2D eigenvalue weighted by Crippen LogP contribution is -2.32. The summed E-state index contributed by atoms with van der Waals surface area (Å²) in [6.07, 6.45) is 1.38. The first kappa shape index (κ1) is 23.5. The van der Waals surface area contributed by atoms with Gasteiger partial charge in [0, 0.05) is 16.4 Å². The molecule has 0 aliphatic rings. The van der Waals surface area contributed by atoms with Crippen LogP contribution >= 0.6 is 11.6 Å². The first-order chi connectivity index (χ1) is 15.9. The molecule has 168 valence electrons. The maximum absolute atomic E-state index is 12.0. The Kier molecular flexibility index (Phi) is 8.15. The fourth-order valence-corrected chi connectivity index (χ4v) is 2.76. The molecular formula is C24H21ClN4O4. The minimum absolute atomic E-state index is 0.165. The van der Waals surface area contributed by atoms with Gasteiger partial charge in [0.1, 0.15) is 5.75 Å². The van der Waals surface area contributed by atoms with E-state index >= 15 is 0 Å². The van der Waals surface area contributed by atoms with Crippen LogP contribution in [0.15, 0.2) is 77.9 Å². The molecule has 0 saturated heterocycles. The van der Waals surface area contributed by atoms with Gasteiger partial charge in [-0.3, -0.25) is 14.4 Å². The van der Waals surface area contributed by atoms with Crippen molar-refractivity contribution in [3.63, 3.8) is 0 Å². The van der Waals surface area contributed by atoms with Crippen molar-refractivity contribution in [1.29, 1.82) is 0 Å². The third-order valence-electron chi connectivity index (χ3n) is 4.36. The van der Waals surface area contributed by atoms with E-state index in [2.05, 4.69) is 21.2 Å². The molecule has 0 aromatic heterocycles. The number of ether oxygens (including phenoxy) is 1. The van der Waals surface area contributed by atoms with Crippen LogP contribution in [0.3, 0.4) is 0 Å². The zero-order valence-corrected chi connectivity index (χ0v) is 18.4. The highest BCUT2D eigenvalue weighted by Crippen LogP contribution is 2.15. The van der Waals surface area contributed by atoms with E-state index in [0.717, 1.165) is 5.56 Å². The van der Waals surface area contributed by atoms with Gasteiger partial charge in [-0.2, -0.15) is 5.10 Å². The fourth-order valence-electron chi connectivity index (χ4n) is 2.64. The van der Waals surface area contributed by atoms with Crippen molar-refractivity contribution in [2.45, 2.75) is 6.92 Å². The van der Waals surface area contributed by atoms with Crippen LogP contribution in [-0.2, 0) is 14.4 Å². The largest absolute Gasteiger partial charge is 0.484 e. The number of aryl methyl sites for hydroxylation is 1. The number of hydrogen-bond donors (Lipinski definition) is 3. The van der Waals surface area contributed by atoms with Gasteiger partial charge in [0.2, 0.25) is 0 Å². The van der Waals surface area contributed by atoms with Crippen molar-refractivity contribution >= 4 is 46.9 Å². The van der Waals surface area contributed by atoms with Gasteiger partial charge in [-0.1, -0.05) is 29.8 Å². The van der Waals surface area contributed by atoms with Crippen molar-refractivity contribution < 1.29 is 19.1 Å².